The summed E-state index contributed by atoms with van der Waals surface area (Å²) < 4.78 is 0. The lowest BCUT2D eigenvalue weighted by Gasteiger charge is -1.95. The second-order valence-corrected chi connectivity index (χ2v) is 3.23. The highest BCUT2D eigenvalue weighted by atomic mass is 32.2. The van der Waals surface area contributed by atoms with Gasteiger partial charge in [0.2, 0.25) is 0 Å². The molecule has 0 radical (unpaired) electrons. The molecule has 3 N–H and O–H groups in total. The van der Waals surface area contributed by atoms with E-state index in [0.717, 1.165) is 5.75 Å². The molecule has 0 amide bonds. The molecular formula is C8H18N2S. The predicted octanol–water partition coefficient (Wildman–Crippen LogP) is 3.33. The van der Waals surface area contributed by atoms with Gasteiger partial charge in [-0.3, -0.25) is 0 Å². The van der Waals surface area contributed by atoms with E-state index in [9.17, 15) is 0 Å². The molecule has 3 heteroatoms. The first-order chi connectivity index (χ1) is 4.91. The highest BCUT2D eigenvalue weighted by molar-refractivity contribution is 8.03. The Morgan fingerprint density at radius 2 is 1.82 bits per heavy atom. The minimum absolute atomic E-state index is 0. The van der Waals surface area contributed by atoms with E-state index in [1.54, 1.807) is 0 Å². The number of hydrogen-bond donors (Lipinski definition) is 1. The molecule has 0 bridgehead atoms. The van der Waals surface area contributed by atoms with Gasteiger partial charge in [0.05, 0.1) is 0 Å². The van der Waals surface area contributed by atoms with Crippen LogP contribution in [0.2, 0.25) is 0 Å². The maximum absolute atomic E-state index is 8.18. The molecule has 0 aliphatic rings. The fourth-order valence-electron chi connectivity index (χ4n) is 0.823. The molecule has 0 aliphatic carbocycles. The molecule has 0 aliphatic heterocycles. The third-order valence-electron chi connectivity index (χ3n) is 1.41. The number of hydrogen-bond acceptors (Lipinski definition) is 3. The van der Waals surface area contributed by atoms with E-state index in [4.69, 9.17) is 5.26 Å². The third-order valence-corrected chi connectivity index (χ3v) is 2.04. The van der Waals surface area contributed by atoms with Crippen molar-refractivity contribution in [3.63, 3.8) is 0 Å². The fraction of sp³-hybridized carbons (Fsp3) is 0.875. The van der Waals surface area contributed by atoms with E-state index in [0.29, 0.717) is 0 Å². The quantitative estimate of drug-likeness (QED) is 0.496. The van der Waals surface area contributed by atoms with E-state index in [1.165, 1.54) is 43.9 Å². The van der Waals surface area contributed by atoms with Crippen molar-refractivity contribution in [2.24, 2.45) is 0 Å². The van der Waals surface area contributed by atoms with Gasteiger partial charge in [0.25, 0.3) is 0 Å². The van der Waals surface area contributed by atoms with Gasteiger partial charge in [0.15, 0.2) is 0 Å². The van der Waals surface area contributed by atoms with E-state index in [1.807, 2.05) is 0 Å². The molecular weight excluding hydrogens is 156 g/mol. The lowest BCUT2D eigenvalue weighted by molar-refractivity contribution is 0.659. The molecule has 0 unspecified atom stereocenters. The first kappa shape index (κ1) is 13.4. The average molecular weight is 174 g/mol. The van der Waals surface area contributed by atoms with Crippen molar-refractivity contribution in [2.45, 2.75) is 39.0 Å². The molecule has 0 saturated carbocycles. The number of rotatable bonds is 6. The van der Waals surface area contributed by atoms with Crippen molar-refractivity contribution in [3.05, 3.63) is 0 Å². The average Bonchev–Trinajstić information content (AvgIpc) is 1.97. The van der Waals surface area contributed by atoms with Crippen molar-refractivity contribution in [1.82, 2.24) is 6.15 Å². The third kappa shape index (κ3) is 12.9. The molecule has 0 saturated heterocycles. The monoisotopic (exact) mass is 174 g/mol. The highest BCUT2D eigenvalue weighted by Gasteiger charge is 1.88. The van der Waals surface area contributed by atoms with Crippen LogP contribution in [0, 0.1) is 10.7 Å². The topological polar surface area (TPSA) is 58.8 Å². The number of thiocyanates is 1. The van der Waals surface area contributed by atoms with Gasteiger partial charge in [-0.25, -0.2) is 0 Å². The maximum Gasteiger partial charge on any atom is 0.133 e. The minimum Gasteiger partial charge on any atom is -0.344 e. The molecule has 2 nitrogen and oxygen atoms in total. The molecule has 0 atom stereocenters. The molecule has 66 valence electrons. The van der Waals surface area contributed by atoms with Crippen LogP contribution in [0.5, 0.6) is 0 Å². The molecule has 11 heavy (non-hydrogen) atoms. The smallest absolute Gasteiger partial charge is 0.133 e. The van der Waals surface area contributed by atoms with E-state index >= 15 is 0 Å². The van der Waals surface area contributed by atoms with Gasteiger partial charge >= 0.3 is 0 Å². The van der Waals surface area contributed by atoms with Crippen LogP contribution in [-0.4, -0.2) is 5.75 Å². The lowest BCUT2D eigenvalue weighted by atomic mass is 10.2. The summed E-state index contributed by atoms with van der Waals surface area (Å²) in [5.41, 5.74) is 0. The van der Waals surface area contributed by atoms with E-state index < -0.39 is 0 Å². The van der Waals surface area contributed by atoms with E-state index in [2.05, 4.69) is 12.3 Å². The van der Waals surface area contributed by atoms with Crippen LogP contribution >= 0.6 is 11.8 Å². The molecule has 0 rings (SSSR count). The van der Waals surface area contributed by atoms with Gasteiger partial charge in [-0.15, -0.1) is 0 Å². The Hall–Kier alpha value is -0.200. The number of unbranched alkanes of at least 4 members (excludes halogenated alkanes) is 4. The van der Waals surface area contributed by atoms with Crippen molar-refractivity contribution < 1.29 is 0 Å². The fourth-order valence-corrected chi connectivity index (χ4v) is 1.26. The summed E-state index contributed by atoms with van der Waals surface area (Å²) in [7, 11) is 0. The Bertz CT molecular complexity index is 98.8. The Morgan fingerprint density at radius 3 is 2.36 bits per heavy atom. The number of nitriles is 1. The zero-order valence-electron chi connectivity index (χ0n) is 7.31. The van der Waals surface area contributed by atoms with Gasteiger partial charge in [-0.1, -0.05) is 32.6 Å². The Balaban J connectivity index is 0. The van der Waals surface area contributed by atoms with Crippen molar-refractivity contribution >= 4 is 11.8 Å². The standard InChI is InChI=1S/C8H15NS.H3N/c1-2-3-4-5-6-7-10-8-9;/h2-7H2,1H3;1H3. The summed E-state index contributed by atoms with van der Waals surface area (Å²) in [6.07, 6.45) is 6.48. The molecule has 0 aromatic rings. The van der Waals surface area contributed by atoms with Crippen LogP contribution in [-0.2, 0) is 0 Å². The van der Waals surface area contributed by atoms with Gasteiger partial charge in [0.1, 0.15) is 5.40 Å². The molecule has 0 fully saturated rings. The lowest BCUT2D eigenvalue weighted by Crippen LogP contribution is -1.79. The summed E-state index contributed by atoms with van der Waals surface area (Å²) >= 11 is 1.37. The molecule has 0 aromatic carbocycles. The summed E-state index contributed by atoms with van der Waals surface area (Å²) in [6.45, 7) is 2.21. The van der Waals surface area contributed by atoms with Crippen molar-refractivity contribution in [1.29, 1.82) is 5.26 Å². The zero-order chi connectivity index (χ0) is 7.66. The van der Waals surface area contributed by atoms with Crippen LogP contribution in [0.25, 0.3) is 0 Å². The maximum atomic E-state index is 8.18. The number of nitrogens with zero attached hydrogens (tertiary/aromatic N) is 1. The minimum atomic E-state index is 0. The van der Waals surface area contributed by atoms with Crippen LogP contribution in [0.3, 0.4) is 0 Å². The van der Waals surface area contributed by atoms with Gasteiger partial charge < -0.3 is 6.15 Å². The Kier molecular flexibility index (Phi) is 15.2. The zero-order valence-corrected chi connectivity index (χ0v) is 8.12. The second kappa shape index (κ2) is 12.5. The van der Waals surface area contributed by atoms with Gasteiger partial charge in [-0.2, -0.15) is 5.26 Å². The van der Waals surface area contributed by atoms with E-state index in [-0.39, 0.29) is 6.15 Å². The highest BCUT2D eigenvalue weighted by Crippen LogP contribution is 2.06. The van der Waals surface area contributed by atoms with Crippen LogP contribution in [0.4, 0.5) is 0 Å². The summed E-state index contributed by atoms with van der Waals surface area (Å²) in [5, 5.41) is 10.3. The number of thioether (sulfide) groups is 1. The SMILES string of the molecule is CCCCCCCSC#N.N. The van der Waals surface area contributed by atoms with Gasteiger partial charge in [-0.05, 0) is 18.2 Å². The largest absolute Gasteiger partial charge is 0.344 e. The summed E-state index contributed by atoms with van der Waals surface area (Å²) in [6, 6.07) is 0. The normalized spacial score (nSPS) is 8.36. The van der Waals surface area contributed by atoms with Crippen molar-refractivity contribution in [2.75, 3.05) is 5.75 Å². The summed E-state index contributed by atoms with van der Waals surface area (Å²) in [5.74, 6) is 1.01. The Labute approximate surface area is 73.9 Å². The van der Waals surface area contributed by atoms with Crippen LogP contribution in [0.15, 0.2) is 0 Å². The van der Waals surface area contributed by atoms with Crippen LogP contribution in [0.1, 0.15) is 39.0 Å². The first-order valence-corrected chi connectivity index (χ1v) is 4.91. The summed E-state index contributed by atoms with van der Waals surface area (Å²) in [4.78, 5) is 0. The molecule has 0 aromatic heterocycles. The first-order valence-electron chi connectivity index (χ1n) is 3.92. The van der Waals surface area contributed by atoms with Crippen molar-refractivity contribution in [3.8, 4) is 5.40 Å². The Morgan fingerprint density at radius 1 is 1.18 bits per heavy atom. The molecule has 0 spiro atoms. The molecule has 0 heterocycles. The van der Waals surface area contributed by atoms with Crippen LogP contribution < -0.4 is 6.15 Å². The second-order valence-electron chi connectivity index (χ2n) is 2.35. The predicted molar refractivity (Wildman–Crippen MR) is 51.9 cm³/mol. The van der Waals surface area contributed by atoms with Gasteiger partial charge in [0, 0.05) is 5.75 Å².